The Morgan fingerprint density at radius 2 is 1.94 bits per heavy atom. The van der Waals surface area contributed by atoms with E-state index in [0.717, 1.165) is 25.1 Å². The Bertz CT molecular complexity index is 1020. The summed E-state index contributed by atoms with van der Waals surface area (Å²) < 4.78 is 42.3. The van der Waals surface area contributed by atoms with E-state index in [4.69, 9.17) is 0 Å². The van der Waals surface area contributed by atoms with Gasteiger partial charge in [-0.25, -0.2) is 14.6 Å². The largest absolute Gasteiger partial charge is 0.573 e. The molecular formula is C20H19F3N6O2. The number of rotatable bonds is 5. The Balaban J connectivity index is 1.39. The smallest absolute Gasteiger partial charge is 0.406 e. The Hall–Kier alpha value is -3.63. The minimum absolute atomic E-state index is 0.199. The molecule has 1 aliphatic heterocycles. The third-order valence-electron chi connectivity index (χ3n) is 4.85. The van der Waals surface area contributed by atoms with E-state index in [0.29, 0.717) is 30.3 Å². The highest BCUT2D eigenvalue weighted by atomic mass is 19.4. The van der Waals surface area contributed by atoms with Gasteiger partial charge in [-0.05, 0) is 43.2 Å². The van der Waals surface area contributed by atoms with Gasteiger partial charge >= 0.3 is 6.36 Å². The van der Waals surface area contributed by atoms with Crippen LogP contribution in [0.3, 0.4) is 0 Å². The molecule has 3 heterocycles. The molecule has 8 nitrogen and oxygen atoms in total. The zero-order valence-electron chi connectivity index (χ0n) is 16.3. The predicted octanol–water partition coefficient (Wildman–Crippen LogP) is 3.42. The van der Waals surface area contributed by atoms with Gasteiger partial charge in [0.25, 0.3) is 0 Å². The summed E-state index contributed by atoms with van der Waals surface area (Å²) in [6, 6.07) is 8.68. The van der Waals surface area contributed by atoms with Crippen LogP contribution in [0.2, 0.25) is 0 Å². The summed E-state index contributed by atoms with van der Waals surface area (Å²) in [5.74, 6) is 0.499. The lowest BCUT2D eigenvalue weighted by molar-refractivity contribution is -0.274. The average molecular weight is 432 g/mol. The fourth-order valence-electron chi connectivity index (χ4n) is 3.42. The summed E-state index contributed by atoms with van der Waals surface area (Å²) in [5.41, 5.74) is 0.402. The number of alkyl halides is 3. The van der Waals surface area contributed by atoms with Gasteiger partial charge in [0, 0.05) is 37.2 Å². The number of anilines is 2. The molecule has 3 aromatic rings. The SMILES string of the molecule is O=C(Nc1ccc(OC(F)(F)F)cc1)C1CCCN(c2cc(-n3cccn3)ncn2)C1. The summed E-state index contributed by atoms with van der Waals surface area (Å²) in [6.07, 6.45) is 1.65. The van der Waals surface area contributed by atoms with Crippen molar-refractivity contribution in [3.05, 3.63) is 55.1 Å². The first-order chi connectivity index (χ1) is 14.9. The molecule has 0 spiro atoms. The molecule has 1 atom stereocenters. The maximum Gasteiger partial charge on any atom is 0.573 e. The lowest BCUT2D eigenvalue weighted by Crippen LogP contribution is -2.41. The van der Waals surface area contributed by atoms with Crippen molar-refractivity contribution in [2.45, 2.75) is 19.2 Å². The molecule has 31 heavy (non-hydrogen) atoms. The molecule has 1 amide bonds. The first-order valence-electron chi connectivity index (χ1n) is 9.61. The first kappa shape index (κ1) is 20.6. The van der Waals surface area contributed by atoms with Crippen LogP contribution >= 0.6 is 0 Å². The number of carbonyl (C=O) groups is 1. The van der Waals surface area contributed by atoms with Crippen molar-refractivity contribution in [1.29, 1.82) is 0 Å². The molecule has 1 saturated heterocycles. The summed E-state index contributed by atoms with van der Waals surface area (Å²) in [7, 11) is 0. The van der Waals surface area contributed by atoms with E-state index in [-0.39, 0.29) is 17.6 Å². The quantitative estimate of drug-likeness (QED) is 0.665. The van der Waals surface area contributed by atoms with Crippen molar-refractivity contribution in [2.24, 2.45) is 5.92 Å². The fraction of sp³-hybridized carbons (Fsp3) is 0.300. The van der Waals surface area contributed by atoms with E-state index in [9.17, 15) is 18.0 Å². The van der Waals surface area contributed by atoms with Crippen LogP contribution in [0, 0.1) is 5.92 Å². The topological polar surface area (TPSA) is 85.2 Å². The molecule has 0 saturated carbocycles. The standard InChI is InChI=1S/C20H19F3N6O2/c21-20(22,23)31-16-6-4-15(5-7-16)27-19(30)14-3-1-9-28(12-14)17-11-18(25-13-24-17)29-10-2-8-26-29/h2,4-8,10-11,13-14H,1,3,9,12H2,(H,27,30). The molecule has 1 N–H and O–H groups in total. The highest BCUT2D eigenvalue weighted by Gasteiger charge is 2.31. The number of nitrogens with one attached hydrogen (secondary N) is 1. The van der Waals surface area contributed by atoms with Crippen molar-refractivity contribution in [1.82, 2.24) is 19.7 Å². The lowest BCUT2D eigenvalue weighted by atomic mass is 9.97. The molecule has 11 heteroatoms. The maximum absolute atomic E-state index is 12.7. The number of amides is 1. The number of nitrogens with zero attached hydrogens (tertiary/aromatic N) is 5. The highest BCUT2D eigenvalue weighted by Crippen LogP contribution is 2.26. The minimum atomic E-state index is -4.76. The van der Waals surface area contributed by atoms with Gasteiger partial charge in [0.15, 0.2) is 5.82 Å². The Morgan fingerprint density at radius 1 is 1.16 bits per heavy atom. The van der Waals surface area contributed by atoms with Gasteiger partial charge in [0.1, 0.15) is 17.9 Å². The van der Waals surface area contributed by atoms with Crippen molar-refractivity contribution >= 4 is 17.4 Å². The van der Waals surface area contributed by atoms with Gasteiger partial charge in [0.2, 0.25) is 5.91 Å². The zero-order valence-corrected chi connectivity index (χ0v) is 16.3. The average Bonchev–Trinajstić information content (AvgIpc) is 3.29. The van der Waals surface area contributed by atoms with Crippen molar-refractivity contribution < 1.29 is 22.7 Å². The van der Waals surface area contributed by atoms with E-state index in [2.05, 4.69) is 25.1 Å². The maximum atomic E-state index is 12.7. The van der Waals surface area contributed by atoms with Crippen LogP contribution in [0.4, 0.5) is 24.7 Å². The van der Waals surface area contributed by atoms with Crippen LogP contribution in [0.5, 0.6) is 5.75 Å². The Labute approximate surface area is 175 Å². The van der Waals surface area contributed by atoms with Crippen LogP contribution in [-0.4, -0.2) is 45.1 Å². The number of piperidine rings is 1. The molecule has 0 aliphatic carbocycles. The molecule has 1 fully saturated rings. The van der Waals surface area contributed by atoms with Crippen LogP contribution in [0.25, 0.3) is 5.82 Å². The Morgan fingerprint density at radius 3 is 2.65 bits per heavy atom. The van der Waals surface area contributed by atoms with Crippen molar-refractivity contribution in [2.75, 3.05) is 23.3 Å². The number of halogens is 3. The molecule has 2 aromatic heterocycles. The predicted molar refractivity (Wildman–Crippen MR) is 106 cm³/mol. The fourth-order valence-corrected chi connectivity index (χ4v) is 3.42. The van der Waals surface area contributed by atoms with Crippen molar-refractivity contribution in [3.63, 3.8) is 0 Å². The molecular weight excluding hydrogens is 413 g/mol. The van der Waals surface area contributed by atoms with E-state index in [1.807, 2.05) is 11.0 Å². The van der Waals surface area contributed by atoms with Gasteiger partial charge in [-0.15, -0.1) is 13.2 Å². The van der Waals surface area contributed by atoms with Gasteiger partial charge in [0.05, 0.1) is 5.92 Å². The molecule has 0 bridgehead atoms. The van der Waals surface area contributed by atoms with E-state index in [1.165, 1.54) is 18.5 Å². The van der Waals surface area contributed by atoms with Crippen LogP contribution in [0.15, 0.2) is 55.1 Å². The van der Waals surface area contributed by atoms with Crippen LogP contribution < -0.4 is 15.0 Å². The van der Waals surface area contributed by atoms with E-state index < -0.39 is 6.36 Å². The van der Waals surface area contributed by atoms with E-state index >= 15 is 0 Å². The summed E-state index contributed by atoms with van der Waals surface area (Å²) in [4.78, 5) is 23.3. The number of aromatic nitrogens is 4. The third kappa shape index (κ3) is 5.30. The second kappa shape index (κ2) is 8.62. The van der Waals surface area contributed by atoms with Crippen molar-refractivity contribution in [3.8, 4) is 11.6 Å². The molecule has 1 unspecified atom stereocenters. The van der Waals surface area contributed by atoms with Gasteiger partial charge in [-0.2, -0.15) is 5.10 Å². The second-order valence-corrected chi connectivity index (χ2v) is 7.03. The molecule has 1 aromatic carbocycles. The molecule has 1 aliphatic rings. The number of carbonyl (C=O) groups excluding carboxylic acids is 1. The first-order valence-corrected chi connectivity index (χ1v) is 9.61. The normalized spacial score (nSPS) is 16.7. The third-order valence-corrected chi connectivity index (χ3v) is 4.85. The summed E-state index contributed by atoms with van der Waals surface area (Å²) >= 11 is 0. The minimum Gasteiger partial charge on any atom is -0.406 e. The Kier molecular flexibility index (Phi) is 5.74. The lowest BCUT2D eigenvalue weighted by Gasteiger charge is -2.32. The zero-order chi connectivity index (χ0) is 21.8. The van der Waals surface area contributed by atoms with Crippen LogP contribution in [0.1, 0.15) is 12.8 Å². The molecule has 0 radical (unpaired) electrons. The summed E-state index contributed by atoms with van der Waals surface area (Å²) in [6.45, 7) is 1.22. The number of ether oxygens (including phenoxy) is 1. The van der Waals surface area contributed by atoms with Gasteiger partial charge in [-0.1, -0.05) is 0 Å². The van der Waals surface area contributed by atoms with E-state index in [1.54, 1.807) is 23.1 Å². The number of hydrogen-bond donors (Lipinski definition) is 1. The van der Waals surface area contributed by atoms with Crippen LogP contribution in [-0.2, 0) is 4.79 Å². The van der Waals surface area contributed by atoms with Gasteiger partial charge in [-0.3, -0.25) is 4.79 Å². The van der Waals surface area contributed by atoms with Gasteiger partial charge < -0.3 is 15.0 Å². The number of benzene rings is 1. The monoisotopic (exact) mass is 432 g/mol. The molecule has 162 valence electrons. The number of hydrogen-bond acceptors (Lipinski definition) is 6. The highest BCUT2D eigenvalue weighted by molar-refractivity contribution is 5.93. The second-order valence-electron chi connectivity index (χ2n) is 7.03. The molecule has 4 rings (SSSR count). The summed E-state index contributed by atoms with van der Waals surface area (Å²) in [5, 5.41) is 6.92.